The summed E-state index contributed by atoms with van der Waals surface area (Å²) in [5.41, 5.74) is 2.94. The van der Waals surface area contributed by atoms with Gasteiger partial charge in [-0.15, -0.1) is 5.10 Å². The summed E-state index contributed by atoms with van der Waals surface area (Å²) in [7, 11) is 1.87. The summed E-state index contributed by atoms with van der Waals surface area (Å²) in [6, 6.07) is 13.7. The molecule has 0 aliphatic rings. The highest BCUT2D eigenvalue weighted by Crippen LogP contribution is 2.26. The maximum atomic E-state index is 5.85. The van der Waals surface area contributed by atoms with E-state index >= 15 is 0 Å². The van der Waals surface area contributed by atoms with E-state index in [0.29, 0.717) is 0 Å². The standard InChI is InChI=1S/C14H13N3O/c1-10-5-3-4-6-14(10)18-11-7-8-13-12(9-11)15-16-17(13)2/h3-9H,1-2H3. The molecule has 0 unspecified atom stereocenters. The van der Waals surface area contributed by atoms with Crippen molar-refractivity contribution in [3.05, 3.63) is 48.0 Å². The number of para-hydroxylation sites is 1. The molecule has 0 saturated carbocycles. The summed E-state index contributed by atoms with van der Waals surface area (Å²) in [6.07, 6.45) is 0. The molecule has 0 amide bonds. The third-order valence-corrected chi connectivity index (χ3v) is 2.90. The van der Waals surface area contributed by atoms with Gasteiger partial charge in [-0.2, -0.15) is 0 Å². The van der Waals surface area contributed by atoms with Gasteiger partial charge in [0.1, 0.15) is 17.0 Å². The van der Waals surface area contributed by atoms with Crippen LogP contribution in [0.3, 0.4) is 0 Å². The predicted molar refractivity (Wildman–Crippen MR) is 69.8 cm³/mol. The minimum Gasteiger partial charge on any atom is -0.457 e. The van der Waals surface area contributed by atoms with Crippen molar-refractivity contribution >= 4 is 11.0 Å². The van der Waals surface area contributed by atoms with E-state index in [0.717, 1.165) is 28.1 Å². The van der Waals surface area contributed by atoms with Crippen molar-refractivity contribution in [3.8, 4) is 11.5 Å². The SMILES string of the molecule is Cc1ccccc1Oc1ccc2c(c1)nnn2C. The minimum atomic E-state index is 0.775. The molecule has 4 nitrogen and oxygen atoms in total. The molecule has 4 heteroatoms. The molecule has 1 aromatic heterocycles. The van der Waals surface area contributed by atoms with E-state index in [2.05, 4.69) is 10.3 Å². The van der Waals surface area contributed by atoms with Gasteiger partial charge in [0.05, 0.1) is 5.52 Å². The molecule has 3 aromatic rings. The van der Waals surface area contributed by atoms with Crippen molar-refractivity contribution in [2.45, 2.75) is 6.92 Å². The highest BCUT2D eigenvalue weighted by molar-refractivity contribution is 5.76. The molecule has 0 radical (unpaired) electrons. The maximum absolute atomic E-state index is 5.85. The van der Waals surface area contributed by atoms with Gasteiger partial charge in [0, 0.05) is 13.1 Å². The van der Waals surface area contributed by atoms with Crippen LogP contribution in [0.15, 0.2) is 42.5 Å². The van der Waals surface area contributed by atoms with Crippen molar-refractivity contribution < 1.29 is 4.74 Å². The van der Waals surface area contributed by atoms with Crippen LogP contribution in [0, 0.1) is 6.92 Å². The van der Waals surface area contributed by atoms with Gasteiger partial charge >= 0.3 is 0 Å². The fraction of sp³-hybridized carbons (Fsp3) is 0.143. The topological polar surface area (TPSA) is 39.9 Å². The number of hydrogen-bond donors (Lipinski definition) is 0. The van der Waals surface area contributed by atoms with Gasteiger partial charge in [0.15, 0.2) is 0 Å². The molecule has 1 heterocycles. The molecule has 0 atom stereocenters. The predicted octanol–water partition coefficient (Wildman–Crippen LogP) is 3.07. The first-order valence-electron chi connectivity index (χ1n) is 5.77. The zero-order valence-electron chi connectivity index (χ0n) is 10.3. The molecule has 0 fully saturated rings. The molecule has 3 rings (SSSR count). The Hall–Kier alpha value is -2.36. The third-order valence-electron chi connectivity index (χ3n) is 2.90. The Morgan fingerprint density at radius 1 is 1.11 bits per heavy atom. The summed E-state index contributed by atoms with van der Waals surface area (Å²) < 4.78 is 7.59. The quantitative estimate of drug-likeness (QED) is 0.690. The Morgan fingerprint density at radius 2 is 1.94 bits per heavy atom. The minimum absolute atomic E-state index is 0.775. The summed E-state index contributed by atoms with van der Waals surface area (Å²) in [5, 5.41) is 8.05. The smallest absolute Gasteiger partial charge is 0.130 e. The molecule has 18 heavy (non-hydrogen) atoms. The summed E-state index contributed by atoms with van der Waals surface area (Å²) >= 11 is 0. The van der Waals surface area contributed by atoms with Crippen LogP contribution in [-0.4, -0.2) is 15.0 Å². The molecular weight excluding hydrogens is 226 g/mol. The van der Waals surface area contributed by atoms with Crippen LogP contribution in [0.2, 0.25) is 0 Å². The largest absolute Gasteiger partial charge is 0.457 e. The third kappa shape index (κ3) is 1.82. The van der Waals surface area contributed by atoms with E-state index in [1.807, 2.05) is 56.4 Å². The summed E-state index contributed by atoms with van der Waals surface area (Å²) in [6.45, 7) is 2.02. The number of aryl methyl sites for hydroxylation is 2. The highest BCUT2D eigenvalue weighted by atomic mass is 16.5. The fourth-order valence-electron chi connectivity index (χ4n) is 1.88. The molecule has 0 saturated heterocycles. The van der Waals surface area contributed by atoms with Crippen molar-refractivity contribution in [2.24, 2.45) is 7.05 Å². The zero-order chi connectivity index (χ0) is 12.5. The average molecular weight is 239 g/mol. The first-order chi connectivity index (χ1) is 8.74. The van der Waals surface area contributed by atoms with Crippen molar-refractivity contribution in [1.29, 1.82) is 0 Å². The number of nitrogens with zero attached hydrogens (tertiary/aromatic N) is 3. The number of fused-ring (bicyclic) bond motifs is 1. The number of hydrogen-bond acceptors (Lipinski definition) is 3. The number of aromatic nitrogens is 3. The van der Waals surface area contributed by atoms with Crippen molar-refractivity contribution in [2.75, 3.05) is 0 Å². The van der Waals surface area contributed by atoms with Crippen LogP contribution in [0.1, 0.15) is 5.56 Å². The van der Waals surface area contributed by atoms with E-state index in [9.17, 15) is 0 Å². The first kappa shape index (κ1) is 10.8. The maximum Gasteiger partial charge on any atom is 0.130 e. The number of ether oxygens (including phenoxy) is 1. The zero-order valence-corrected chi connectivity index (χ0v) is 10.3. The summed E-state index contributed by atoms with van der Waals surface area (Å²) in [5.74, 6) is 1.64. The van der Waals surface area contributed by atoms with Gasteiger partial charge in [-0.3, -0.25) is 0 Å². The highest BCUT2D eigenvalue weighted by Gasteiger charge is 2.05. The van der Waals surface area contributed by atoms with E-state index < -0.39 is 0 Å². The van der Waals surface area contributed by atoms with Gasteiger partial charge in [-0.05, 0) is 30.7 Å². The lowest BCUT2D eigenvalue weighted by Crippen LogP contribution is -1.89. The average Bonchev–Trinajstić information content (AvgIpc) is 2.74. The molecule has 0 spiro atoms. The molecular formula is C14H13N3O. The van der Waals surface area contributed by atoms with Crippen LogP contribution in [0.25, 0.3) is 11.0 Å². The van der Waals surface area contributed by atoms with E-state index in [4.69, 9.17) is 4.74 Å². The Morgan fingerprint density at radius 3 is 2.78 bits per heavy atom. The number of benzene rings is 2. The summed E-state index contributed by atoms with van der Waals surface area (Å²) in [4.78, 5) is 0. The van der Waals surface area contributed by atoms with E-state index in [1.54, 1.807) is 4.68 Å². The lowest BCUT2D eigenvalue weighted by Gasteiger charge is -2.07. The Balaban J connectivity index is 1.98. The Bertz CT molecular complexity index is 703. The van der Waals surface area contributed by atoms with Crippen LogP contribution >= 0.6 is 0 Å². The van der Waals surface area contributed by atoms with Crippen molar-refractivity contribution in [1.82, 2.24) is 15.0 Å². The van der Waals surface area contributed by atoms with Gasteiger partial charge in [-0.25, -0.2) is 4.68 Å². The van der Waals surface area contributed by atoms with Crippen LogP contribution in [0.4, 0.5) is 0 Å². The van der Waals surface area contributed by atoms with Crippen LogP contribution in [0.5, 0.6) is 11.5 Å². The van der Waals surface area contributed by atoms with Crippen LogP contribution < -0.4 is 4.74 Å². The first-order valence-corrected chi connectivity index (χ1v) is 5.77. The van der Waals surface area contributed by atoms with E-state index in [1.165, 1.54) is 0 Å². The second kappa shape index (κ2) is 4.14. The molecule has 0 aliphatic carbocycles. The van der Waals surface area contributed by atoms with Gasteiger partial charge in [0.2, 0.25) is 0 Å². The van der Waals surface area contributed by atoms with Gasteiger partial charge in [0.25, 0.3) is 0 Å². The second-order valence-electron chi connectivity index (χ2n) is 4.23. The molecule has 2 aromatic carbocycles. The van der Waals surface area contributed by atoms with Gasteiger partial charge < -0.3 is 4.74 Å². The lowest BCUT2D eigenvalue weighted by molar-refractivity contribution is 0.479. The lowest BCUT2D eigenvalue weighted by atomic mass is 10.2. The normalized spacial score (nSPS) is 10.8. The second-order valence-corrected chi connectivity index (χ2v) is 4.23. The molecule has 0 aliphatic heterocycles. The Labute approximate surface area is 105 Å². The fourth-order valence-corrected chi connectivity index (χ4v) is 1.88. The van der Waals surface area contributed by atoms with Gasteiger partial charge in [-0.1, -0.05) is 23.4 Å². The van der Waals surface area contributed by atoms with Crippen molar-refractivity contribution in [3.63, 3.8) is 0 Å². The molecule has 90 valence electrons. The van der Waals surface area contributed by atoms with E-state index in [-0.39, 0.29) is 0 Å². The molecule has 0 N–H and O–H groups in total. The van der Waals surface area contributed by atoms with Crippen LogP contribution in [-0.2, 0) is 7.05 Å². The monoisotopic (exact) mass is 239 g/mol. The number of rotatable bonds is 2. The molecule has 0 bridgehead atoms. The Kier molecular flexibility index (Phi) is 2.48.